The van der Waals surface area contributed by atoms with Crippen molar-refractivity contribution in [2.45, 2.75) is 31.2 Å². The second-order valence-corrected chi connectivity index (χ2v) is 9.89. The number of carbonyl (C=O) groups excluding carboxylic acids is 1. The smallest absolute Gasteiger partial charge is 0.435 e. The Morgan fingerprint density at radius 3 is 2.78 bits per heavy atom. The standard InChI is InChI=1S/C23H20F4N6O2S/c24-12-9-32(10-12)7-6-16-31-20(23(25,26)27)19(35-16)22(34)33-8-5-14-17(29-11-28-14)18(33)21-30-13-3-1-2-4-15(13)36-21/h1-4,11-12,18H,5-10H2,(H,28,29)/t18-/m0/s1. The predicted molar refractivity (Wildman–Crippen MR) is 121 cm³/mol. The molecule has 13 heteroatoms. The molecule has 188 valence electrons. The second-order valence-electron chi connectivity index (χ2n) is 8.83. The number of likely N-dealkylation sites (tertiary alicyclic amines) is 1. The van der Waals surface area contributed by atoms with Gasteiger partial charge < -0.3 is 14.3 Å². The lowest BCUT2D eigenvalue weighted by atomic mass is 10.0. The first-order chi connectivity index (χ1) is 17.3. The number of thiazole rings is 1. The van der Waals surface area contributed by atoms with Crippen LogP contribution in [0.4, 0.5) is 17.6 Å². The molecule has 5 heterocycles. The van der Waals surface area contributed by atoms with Gasteiger partial charge in [0.05, 0.1) is 22.2 Å². The highest BCUT2D eigenvalue weighted by atomic mass is 32.1. The first-order valence-corrected chi connectivity index (χ1v) is 12.2. The van der Waals surface area contributed by atoms with Crippen LogP contribution in [0.3, 0.4) is 0 Å². The maximum absolute atomic E-state index is 13.9. The molecule has 3 aromatic heterocycles. The molecule has 36 heavy (non-hydrogen) atoms. The van der Waals surface area contributed by atoms with Gasteiger partial charge in [-0.15, -0.1) is 11.3 Å². The van der Waals surface area contributed by atoms with E-state index in [1.165, 1.54) is 22.6 Å². The van der Waals surface area contributed by atoms with Crippen molar-refractivity contribution in [3.63, 3.8) is 0 Å². The van der Waals surface area contributed by atoms with Crippen LogP contribution in [0.25, 0.3) is 10.2 Å². The molecular formula is C23H20F4N6O2S. The molecule has 1 aromatic carbocycles. The average Bonchev–Trinajstić information content (AvgIpc) is 3.57. The Labute approximate surface area is 206 Å². The highest BCUT2D eigenvalue weighted by Gasteiger charge is 2.45. The molecule has 0 unspecified atom stereocenters. The monoisotopic (exact) mass is 520 g/mol. The number of imidazole rings is 1. The van der Waals surface area contributed by atoms with E-state index >= 15 is 0 Å². The van der Waals surface area contributed by atoms with Gasteiger partial charge in [-0.25, -0.2) is 19.3 Å². The number of alkyl halides is 4. The second kappa shape index (κ2) is 8.66. The molecule has 0 radical (unpaired) electrons. The van der Waals surface area contributed by atoms with E-state index in [0.29, 0.717) is 23.7 Å². The number of aromatic nitrogens is 4. The zero-order valence-electron chi connectivity index (χ0n) is 18.8. The van der Waals surface area contributed by atoms with E-state index < -0.39 is 35.8 Å². The van der Waals surface area contributed by atoms with Crippen LogP contribution in [0.2, 0.25) is 0 Å². The van der Waals surface area contributed by atoms with Crippen LogP contribution in [0, 0.1) is 0 Å². The van der Waals surface area contributed by atoms with Crippen molar-refractivity contribution in [2.75, 3.05) is 26.2 Å². The van der Waals surface area contributed by atoms with Gasteiger partial charge >= 0.3 is 6.18 Å². The lowest BCUT2D eigenvalue weighted by molar-refractivity contribution is -0.141. The van der Waals surface area contributed by atoms with E-state index in [9.17, 15) is 22.4 Å². The summed E-state index contributed by atoms with van der Waals surface area (Å²) in [5.41, 5.74) is 0.719. The summed E-state index contributed by atoms with van der Waals surface area (Å²) in [5, 5.41) is 0.546. The van der Waals surface area contributed by atoms with Gasteiger partial charge in [0.25, 0.3) is 5.91 Å². The first kappa shape index (κ1) is 23.1. The maximum Gasteiger partial charge on any atom is 0.437 e. The molecule has 1 fully saturated rings. The number of hydrogen-bond donors (Lipinski definition) is 1. The van der Waals surface area contributed by atoms with Crippen LogP contribution in [-0.2, 0) is 19.0 Å². The molecule has 0 saturated carbocycles. The summed E-state index contributed by atoms with van der Waals surface area (Å²) in [5.74, 6) is -1.98. The molecule has 1 N–H and O–H groups in total. The van der Waals surface area contributed by atoms with Gasteiger partial charge in [0.2, 0.25) is 5.76 Å². The van der Waals surface area contributed by atoms with Crippen molar-refractivity contribution in [3.05, 3.63) is 64.3 Å². The minimum atomic E-state index is -4.88. The number of rotatable bonds is 5. The zero-order chi connectivity index (χ0) is 25.0. The van der Waals surface area contributed by atoms with Crippen LogP contribution in [0.5, 0.6) is 0 Å². The van der Waals surface area contributed by atoms with E-state index in [1.54, 1.807) is 4.90 Å². The van der Waals surface area contributed by atoms with E-state index in [2.05, 4.69) is 19.9 Å². The Morgan fingerprint density at radius 1 is 1.22 bits per heavy atom. The summed E-state index contributed by atoms with van der Waals surface area (Å²) in [6.07, 6.45) is -3.88. The third-order valence-electron chi connectivity index (χ3n) is 6.42. The van der Waals surface area contributed by atoms with Crippen molar-refractivity contribution >= 4 is 27.5 Å². The summed E-state index contributed by atoms with van der Waals surface area (Å²) in [4.78, 5) is 32.4. The van der Waals surface area contributed by atoms with Crippen molar-refractivity contribution in [1.29, 1.82) is 0 Å². The Balaban J connectivity index is 1.36. The van der Waals surface area contributed by atoms with Gasteiger partial charge in [0, 0.05) is 44.7 Å². The number of nitrogens with one attached hydrogen (secondary N) is 1. The van der Waals surface area contributed by atoms with Crippen LogP contribution < -0.4 is 0 Å². The van der Waals surface area contributed by atoms with Crippen LogP contribution in [0.15, 0.2) is 35.0 Å². The number of oxazole rings is 1. The fourth-order valence-corrected chi connectivity index (χ4v) is 5.72. The third kappa shape index (κ3) is 4.05. The molecule has 0 spiro atoms. The summed E-state index contributed by atoms with van der Waals surface area (Å²) in [7, 11) is 0. The molecule has 1 atom stereocenters. The number of H-pyrrole nitrogens is 1. The quantitative estimate of drug-likeness (QED) is 0.400. The van der Waals surface area contributed by atoms with Crippen LogP contribution in [-0.4, -0.2) is 68.0 Å². The Kier molecular flexibility index (Phi) is 5.56. The highest BCUT2D eigenvalue weighted by Crippen LogP contribution is 2.40. The van der Waals surface area contributed by atoms with E-state index in [1.807, 2.05) is 24.3 Å². The fourth-order valence-electron chi connectivity index (χ4n) is 4.63. The van der Waals surface area contributed by atoms with Gasteiger partial charge in [-0.2, -0.15) is 13.2 Å². The minimum Gasteiger partial charge on any atom is -0.435 e. The number of nitrogens with zero attached hydrogens (tertiary/aromatic N) is 5. The molecule has 2 aliphatic heterocycles. The largest absolute Gasteiger partial charge is 0.437 e. The molecule has 0 aliphatic carbocycles. The van der Waals surface area contributed by atoms with E-state index in [4.69, 9.17) is 4.42 Å². The Morgan fingerprint density at radius 2 is 2.03 bits per heavy atom. The normalized spacial score (nSPS) is 19.0. The number of para-hydroxylation sites is 1. The van der Waals surface area contributed by atoms with Crippen molar-refractivity contribution in [3.8, 4) is 0 Å². The van der Waals surface area contributed by atoms with Gasteiger partial charge in [0.1, 0.15) is 17.2 Å². The molecule has 6 rings (SSSR count). The number of benzene rings is 1. The molecule has 0 bridgehead atoms. The van der Waals surface area contributed by atoms with Gasteiger partial charge in [-0.05, 0) is 12.1 Å². The lowest BCUT2D eigenvalue weighted by Crippen LogP contribution is -2.48. The summed E-state index contributed by atoms with van der Waals surface area (Å²) in [6.45, 7) is 0.888. The topological polar surface area (TPSA) is 91.2 Å². The minimum absolute atomic E-state index is 0.0356. The van der Waals surface area contributed by atoms with Crippen molar-refractivity contribution in [1.82, 2.24) is 29.7 Å². The molecule has 1 saturated heterocycles. The number of amides is 1. The number of aromatic amines is 1. The molecule has 1 amide bonds. The van der Waals surface area contributed by atoms with Gasteiger partial charge in [-0.1, -0.05) is 12.1 Å². The summed E-state index contributed by atoms with van der Waals surface area (Å²) < 4.78 is 61.0. The van der Waals surface area contributed by atoms with E-state index in [-0.39, 0.29) is 31.9 Å². The summed E-state index contributed by atoms with van der Waals surface area (Å²) >= 11 is 1.36. The molecular weight excluding hydrogens is 500 g/mol. The number of hydrogen-bond acceptors (Lipinski definition) is 7. The maximum atomic E-state index is 13.9. The van der Waals surface area contributed by atoms with Gasteiger partial charge in [-0.3, -0.25) is 9.69 Å². The number of carbonyl (C=O) groups is 1. The molecule has 4 aromatic rings. The third-order valence-corrected chi connectivity index (χ3v) is 7.51. The molecule has 8 nitrogen and oxygen atoms in total. The van der Waals surface area contributed by atoms with Crippen molar-refractivity contribution < 1.29 is 26.8 Å². The van der Waals surface area contributed by atoms with Crippen LogP contribution in [0.1, 0.15) is 44.6 Å². The molecule has 2 aliphatic rings. The van der Waals surface area contributed by atoms with Crippen LogP contribution >= 0.6 is 11.3 Å². The Bertz CT molecular complexity index is 1390. The van der Waals surface area contributed by atoms with E-state index in [0.717, 1.165) is 15.9 Å². The van der Waals surface area contributed by atoms with Crippen molar-refractivity contribution in [2.24, 2.45) is 0 Å². The number of fused-ring (bicyclic) bond motifs is 2. The SMILES string of the molecule is O=C(c1oc(CCN2CC(F)C2)nc1C(F)(F)F)N1CCc2[nH]cnc2[C@H]1c1nc2ccccc2s1. The fraction of sp³-hybridized carbons (Fsp3) is 0.391. The Hall–Kier alpha value is -3.32. The summed E-state index contributed by atoms with van der Waals surface area (Å²) in [6, 6.07) is 6.67. The first-order valence-electron chi connectivity index (χ1n) is 11.4. The predicted octanol–water partition coefficient (Wildman–Crippen LogP) is 4.01. The zero-order valence-corrected chi connectivity index (χ0v) is 19.6. The highest BCUT2D eigenvalue weighted by molar-refractivity contribution is 7.18. The lowest BCUT2D eigenvalue weighted by Gasteiger charge is -2.33. The average molecular weight is 521 g/mol. The van der Waals surface area contributed by atoms with Gasteiger partial charge in [0.15, 0.2) is 11.6 Å². The number of halogens is 4.